The van der Waals surface area contributed by atoms with Gasteiger partial charge in [0.05, 0.1) is 11.4 Å². The third-order valence-electron chi connectivity index (χ3n) is 4.60. The van der Waals surface area contributed by atoms with Gasteiger partial charge in [0.15, 0.2) is 5.16 Å². The average molecular weight is 367 g/mol. The zero-order chi connectivity index (χ0) is 18.1. The third-order valence-corrected chi connectivity index (χ3v) is 5.53. The first-order valence-corrected chi connectivity index (χ1v) is 9.79. The van der Waals surface area contributed by atoms with Crippen molar-refractivity contribution in [2.45, 2.75) is 31.0 Å². The van der Waals surface area contributed by atoms with Gasteiger partial charge in [0.1, 0.15) is 0 Å². The molecule has 1 fully saturated rings. The second kappa shape index (κ2) is 6.99. The molecule has 1 aliphatic rings. The maximum atomic E-state index is 12.9. The fourth-order valence-corrected chi connectivity index (χ4v) is 4.08. The van der Waals surface area contributed by atoms with Crippen LogP contribution in [0.25, 0.3) is 10.8 Å². The summed E-state index contributed by atoms with van der Waals surface area (Å²) < 4.78 is 1.95. The molecule has 4 rings (SSSR count). The lowest BCUT2D eigenvalue weighted by Crippen LogP contribution is -2.32. The number of carbonyl (C=O) groups is 1. The van der Waals surface area contributed by atoms with Gasteiger partial charge in [-0.3, -0.25) is 9.36 Å². The molecular formula is C19H21N5OS. The molecule has 7 heteroatoms. The van der Waals surface area contributed by atoms with E-state index in [-0.39, 0.29) is 5.91 Å². The zero-order valence-corrected chi connectivity index (χ0v) is 15.4. The SMILES string of the molecule is CCN(C(=O)CSc1nnc(N)n1C1CC1)c1cccc2ccccc12. The van der Waals surface area contributed by atoms with Gasteiger partial charge in [-0.25, -0.2) is 0 Å². The van der Waals surface area contributed by atoms with Crippen LogP contribution in [-0.4, -0.2) is 33.0 Å². The molecule has 2 aromatic carbocycles. The second-order valence-electron chi connectivity index (χ2n) is 6.37. The minimum Gasteiger partial charge on any atom is -0.368 e. The fourth-order valence-electron chi connectivity index (χ4n) is 3.19. The van der Waals surface area contributed by atoms with Crippen LogP contribution in [0.1, 0.15) is 25.8 Å². The lowest BCUT2D eigenvalue weighted by molar-refractivity contribution is -0.116. The van der Waals surface area contributed by atoms with Crippen LogP contribution in [0.5, 0.6) is 0 Å². The molecule has 0 unspecified atom stereocenters. The highest BCUT2D eigenvalue weighted by Crippen LogP contribution is 2.39. The molecule has 26 heavy (non-hydrogen) atoms. The van der Waals surface area contributed by atoms with Gasteiger partial charge in [0.2, 0.25) is 11.9 Å². The molecule has 1 saturated carbocycles. The fraction of sp³-hybridized carbons (Fsp3) is 0.316. The Balaban J connectivity index is 1.54. The van der Waals surface area contributed by atoms with E-state index in [1.54, 1.807) is 0 Å². The summed E-state index contributed by atoms with van der Waals surface area (Å²) in [5, 5.41) is 11.0. The van der Waals surface area contributed by atoms with Gasteiger partial charge in [0, 0.05) is 18.0 Å². The molecule has 134 valence electrons. The van der Waals surface area contributed by atoms with Gasteiger partial charge in [-0.05, 0) is 31.2 Å². The topological polar surface area (TPSA) is 77.0 Å². The summed E-state index contributed by atoms with van der Waals surface area (Å²) in [6.07, 6.45) is 2.20. The smallest absolute Gasteiger partial charge is 0.237 e. The molecule has 0 atom stereocenters. The first kappa shape index (κ1) is 16.9. The molecule has 0 bridgehead atoms. The van der Waals surface area contributed by atoms with Crippen LogP contribution in [0.15, 0.2) is 47.6 Å². The summed E-state index contributed by atoms with van der Waals surface area (Å²) >= 11 is 1.41. The van der Waals surface area contributed by atoms with Crippen LogP contribution < -0.4 is 10.6 Å². The number of hydrogen-bond acceptors (Lipinski definition) is 5. The van der Waals surface area contributed by atoms with Crippen LogP contribution in [-0.2, 0) is 4.79 Å². The van der Waals surface area contributed by atoms with E-state index in [0.29, 0.717) is 24.3 Å². The normalized spacial score (nSPS) is 13.9. The maximum Gasteiger partial charge on any atom is 0.237 e. The number of rotatable bonds is 6. The largest absolute Gasteiger partial charge is 0.368 e. The van der Waals surface area contributed by atoms with Crippen LogP contribution >= 0.6 is 11.8 Å². The Hall–Kier alpha value is -2.54. The zero-order valence-electron chi connectivity index (χ0n) is 14.6. The van der Waals surface area contributed by atoms with Crippen molar-refractivity contribution in [1.82, 2.24) is 14.8 Å². The Labute approximate surface area is 156 Å². The van der Waals surface area contributed by atoms with E-state index >= 15 is 0 Å². The van der Waals surface area contributed by atoms with E-state index in [2.05, 4.69) is 28.4 Å². The average Bonchev–Trinajstić information content (AvgIpc) is 3.43. The number of nitrogens with two attached hydrogens (primary N) is 1. The number of thioether (sulfide) groups is 1. The summed E-state index contributed by atoms with van der Waals surface area (Å²) in [6.45, 7) is 2.61. The maximum absolute atomic E-state index is 12.9. The summed E-state index contributed by atoms with van der Waals surface area (Å²) in [7, 11) is 0. The van der Waals surface area contributed by atoms with Crippen molar-refractivity contribution in [3.8, 4) is 0 Å². The minimum atomic E-state index is 0.0535. The monoisotopic (exact) mass is 367 g/mol. The molecule has 1 aromatic heterocycles. The standard InChI is InChI=1S/C19H21N5OS/c1-2-23(16-9-5-7-13-6-3-4-8-15(13)16)17(25)12-26-19-22-21-18(20)24(19)14-10-11-14/h3-9,14H,2,10-12H2,1H3,(H2,20,21). The number of carbonyl (C=O) groups excluding carboxylic acids is 1. The Kier molecular flexibility index (Phi) is 4.55. The number of nitrogens with zero attached hydrogens (tertiary/aromatic N) is 4. The molecule has 0 radical (unpaired) electrons. The molecular weight excluding hydrogens is 346 g/mol. The summed E-state index contributed by atoms with van der Waals surface area (Å²) in [6, 6.07) is 14.6. The molecule has 1 aliphatic carbocycles. The van der Waals surface area contributed by atoms with Crippen molar-refractivity contribution >= 4 is 40.1 Å². The molecule has 2 N–H and O–H groups in total. The highest BCUT2D eigenvalue weighted by Gasteiger charge is 2.29. The van der Waals surface area contributed by atoms with E-state index in [4.69, 9.17) is 5.73 Å². The Morgan fingerprint density at radius 3 is 2.77 bits per heavy atom. The number of amides is 1. The quantitative estimate of drug-likeness (QED) is 0.675. The van der Waals surface area contributed by atoms with Crippen LogP contribution in [0.3, 0.4) is 0 Å². The molecule has 0 saturated heterocycles. The van der Waals surface area contributed by atoms with Crippen molar-refractivity contribution in [3.63, 3.8) is 0 Å². The Bertz CT molecular complexity index is 945. The van der Waals surface area contributed by atoms with Crippen molar-refractivity contribution in [3.05, 3.63) is 42.5 Å². The van der Waals surface area contributed by atoms with Gasteiger partial charge in [-0.15, -0.1) is 10.2 Å². The predicted octanol–water partition coefficient (Wildman–Crippen LogP) is 3.49. The van der Waals surface area contributed by atoms with E-state index in [1.165, 1.54) is 11.8 Å². The molecule has 0 spiro atoms. The van der Waals surface area contributed by atoms with E-state index in [1.807, 2.05) is 40.7 Å². The van der Waals surface area contributed by atoms with E-state index in [0.717, 1.165) is 34.5 Å². The summed E-state index contributed by atoms with van der Waals surface area (Å²) in [5.41, 5.74) is 6.85. The molecule has 1 amide bonds. The second-order valence-corrected chi connectivity index (χ2v) is 7.31. The first-order valence-electron chi connectivity index (χ1n) is 8.80. The van der Waals surface area contributed by atoms with E-state index in [9.17, 15) is 4.79 Å². The van der Waals surface area contributed by atoms with Gasteiger partial charge >= 0.3 is 0 Å². The molecule has 3 aromatic rings. The first-order chi connectivity index (χ1) is 12.7. The number of aromatic nitrogens is 3. The minimum absolute atomic E-state index is 0.0535. The van der Waals surface area contributed by atoms with E-state index < -0.39 is 0 Å². The van der Waals surface area contributed by atoms with Crippen molar-refractivity contribution in [2.75, 3.05) is 22.9 Å². The molecule has 6 nitrogen and oxygen atoms in total. The van der Waals surface area contributed by atoms with Gasteiger partial charge in [0.25, 0.3) is 0 Å². The third kappa shape index (κ3) is 3.14. The van der Waals surface area contributed by atoms with Crippen LogP contribution in [0.4, 0.5) is 11.6 Å². The lowest BCUT2D eigenvalue weighted by atomic mass is 10.1. The summed E-state index contributed by atoms with van der Waals surface area (Å²) in [4.78, 5) is 14.7. The number of benzene rings is 2. The van der Waals surface area contributed by atoms with Crippen molar-refractivity contribution in [1.29, 1.82) is 0 Å². The Morgan fingerprint density at radius 2 is 2.00 bits per heavy atom. The lowest BCUT2D eigenvalue weighted by Gasteiger charge is -2.22. The number of fused-ring (bicyclic) bond motifs is 1. The predicted molar refractivity (Wildman–Crippen MR) is 105 cm³/mol. The van der Waals surface area contributed by atoms with Gasteiger partial charge in [-0.1, -0.05) is 48.2 Å². The van der Waals surface area contributed by atoms with Crippen molar-refractivity contribution in [2.24, 2.45) is 0 Å². The number of hydrogen-bond donors (Lipinski definition) is 1. The van der Waals surface area contributed by atoms with Crippen LogP contribution in [0, 0.1) is 0 Å². The molecule has 0 aliphatic heterocycles. The summed E-state index contributed by atoms with van der Waals surface area (Å²) in [5.74, 6) is 0.795. The van der Waals surface area contributed by atoms with Crippen LogP contribution in [0.2, 0.25) is 0 Å². The van der Waals surface area contributed by atoms with Gasteiger partial charge in [-0.2, -0.15) is 0 Å². The van der Waals surface area contributed by atoms with Gasteiger partial charge < -0.3 is 10.6 Å². The molecule has 1 heterocycles. The Morgan fingerprint density at radius 1 is 1.23 bits per heavy atom. The highest BCUT2D eigenvalue weighted by molar-refractivity contribution is 7.99. The van der Waals surface area contributed by atoms with Crippen molar-refractivity contribution < 1.29 is 4.79 Å². The highest BCUT2D eigenvalue weighted by atomic mass is 32.2. The number of nitrogen functional groups attached to an aromatic ring is 1. The number of anilines is 2.